The molecule has 102 valence electrons. The minimum atomic E-state index is -0.897. The standard InChI is InChI=1S/C13H16N2O2S2/c1-13(2,17)8-15(3)12(16)10-7-14-11(19-10)9-5-4-6-18-9/h4-7,17H,8H2,1-3H3. The molecule has 0 bridgehead atoms. The van der Waals surface area contributed by atoms with E-state index in [0.717, 1.165) is 9.88 Å². The van der Waals surface area contributed by atoms with Gasteiger partial charge in [0.15, 0.2) is 0 Å². The molecule has 1 N–H and O–H groups in total. The second kappa shape index (κ2) is 5.40. The molecule has 2 aromatic rings. The van der Waals surface area contributed by atoms with E-state index in [1.165, 1.54) is 16.2 Å². The van der Waals surface area contributed by atoms with Gasteiger partial charge in [0.1, 0.15) is 9.88 Å². The highest BCUT2D eigenvalue weighted by molar-refractivity contribution is 7.21. The van der Waals surface area contributed by atoms with Crippen LogP contribution in [0.4, 0.5) is 0 Å². The molecule has 0 spiro atoms. The molecule has 4 nitrogen and oxygen atoms in total. The first-order chi connectivity index (χ1) is 8.87. The molecule has 0 aliphatic carbocycles. The van der Waals surface area contributed by atoms with E-state index in [1.807, 2.05) is 17.5 Å². The van der Waals surface area contributed by atoms with Crippen LogP contribution < -0.4 is 0 Å². The van der Waals surface area contributed by atoms with Crippen molar-refractivity contribution in [3.8, 4) is 9.88 Å². The first-order valence-electron chi connectivity index (χ1n) is 5.84. The number of carbonyl (C=O) groups is 1. The summed E-state index contributed by atoms with van der Waals surface area (Å²) in [6.07, 6.45) is 1.60. The molecule has 6 heteroatoms. The Hall–Kier alpha value is -1.24. The van der Waals surface area contributed by atoms with Gasteiger partial charge < -0.3 is 10.0 Å². The van der Waals surface area contributed by atoms with Crippen LogP contribution >= 0.6 is 22.7 Å². The summed E-state index contributed by atoms with van der Waals surface area (Å²) in [5.74, 6) is -0.109. The summed E-state index contributed by atoms with van der Waals surface area (Å²) in [6, 6.07) is 3.95. The predicted molar refractivity (Wildman–Crippen MR) is 78.7 cm³/mol. The predicted octanol–water partition coefficient (Wildman–Crippen LogP) is 2.71. The van der Waals surface area contributed by atoms with E-state index in [-0.39, 0.29) is 12.5 Å². The molecule has 2 heterocycles. The van der Waals surface area contributed by atoms with Crippen molar-refractivity contribution in [1.29, 1.82) is 0 Å². The summed E-state index contributed by atoms with van der Waals surface area (Å²) in [4.78, 5) is 19.6. The van der Waals surface area contributed by atoms with Crippen molar-refractivity contribution in [2.45, 2.75) is 19.4 Å². The highest BCUT2D eigenvalue weighted by Crippen LogP contribution is 2.29. The van der Waals surface area contributed by atoms with Crippen LogP contribution in [0.5, 0.6) is 0 Å². The number of thiophene rings is 1. The summed E-state index contributed by atoms with van der Waals surface area (Å²) in [5.41, 5.74) is -0.897. The number of hydrogen-bond acceptors (Lipinski definition) is 5. The number of thiazole rings is 1. The fourth-order valence-corrected chi connectivity index (χ4v) is 3.44. The average Bonchev–Trinajstić information content (AvgIpc) is 2.96. The fraction of sp³-hybridized carbons (Fsp3) is 0.385. The SMILES string of the molecule is CN(CC(C)(C)O)C(=O)c1cnc(-c2cccs2)s1. The minimum Gasteiger partial charge on any atom is -0.389 e. The largest absolute Gasteiger partial charge is 0.389 e. The number of nitrogens with zero attached hydrogens (tertiary/aromatic N) is 2. The lowest BCUT2D eigenvalue weighted by Crippen LogP contribution is -2.39. The van der Waals surface area contributed by atoms with Crippen molar-refractivity contribution < 1.29 is 9.90 Å². The number of likely N-dealkylation sites (N-methyl/N-ethyl adjacent to an activating group) is 1. The van der Waals surface area contributed by atoms with Crippen LogP contribution in [-0.2, 0) is 0 Å². The summed E-state index contributed by atoms with van der Waals surface area (Å²) < 4.78 is 0. The Balaban J connectivity index is 2.12. The lowest BCUT2D eigenvalue weighted by Gasteiger charge is -2.24. The van der Waals surface area contributed by atoms with Gasteiger partial charge in [0.2, 0.25) is 0 Å². The van der Waals surface area contributed by atoms with E-state index in [4.69, 9.17) is 0 Å². The van der Waals surface area contributed by atoms with Gasteiger partial charge >= 0.3 is 0 Å². The zero-order valence-electron chi connectivity index (χ0n) is 11.1. The van der Waals surface area contributed by atoms with Crippen molar-refractivity contribution in [3.63, 3.8) is 0 Å². The maximum absolute atomic E-state index is 12.2. The lowest BCUT2D eigenvalue weighted by atomic mass is 10.1. The molecular weight excluding hydrogens is 280 g/mol. The quantitative estimate of drug-likeness (QED) is 0.944. The molecule has 19 heavy (non-hydrogen) atoms. The highest BCUT2D eigenvalue weighted by atomic mass is 32.1. The number of aliphatic hydroxyl groups is 1. The Bertz CT molecular complexity index is 555. The molecule has 0 saturated carbocycles. The Labute approximate surface area is 120 Å². The molecule has 0 atom stereocenters. The zero-order valence-corrected chi connectivity index (χ0v) is 12.7. The van der Waals surface area contributed by atoms with Gasteiger partial charge in [0.25, 0.3) is 5.91 Å². The zero-order chi connectivity index (χ0) is 14.0. The van der Waals surface area contributed by atoms with Crippen molar-refractivity contribution in [2.75, 3.05) is 13.6 Å². The number of aromatic nitrogens is 1. The Morgan fingerprint density at radius 2 is 2.26 bits per heavy atom. The molecule has 0 aromatic carbocycles. The summed E-state index contributed by atoms with van der Waals surface area (Å²) >= 11 is 2.98. The highest BCUT2D eigenvalue weighted by Gasteiger charge is 2.22. The summed E-state index contributed by atoms with van der Waals surface area (Å²) in [7, 11) is 1.69. The Morgan fingerprint density at radius 3 is 2.84 bits per heavy atom. The summed E-state index contributed by atoms with van der Waals surface area (Å²) in [6.45, 7) is 3.65. The van der Waals surface area contributed by atoms with Gasteiger partial charge in [-0.3, -0.25) is 4.79 Å². The van der Waals surface area contributed by atoms with Gasteiger partial charge in [-0.15, -0.1) is 22.7 Å². The molecule has 0 saturated heterocycles. The van der Waals surface area contributed by atoms with Crippen molar-refractivity contribution in [3.05, 3.63) is 28.6 Å². The lowest BCUT2D eigenvalue weighted by molar-refractivity contribution is 0.0370. The molecule has 0 aliphatic rings. The smallest absolute Gasteiger partial charge is 0.265 e. The molecule has 2 rings (SSSR count). The first kappa shape index (κ1) is 14.2. The second-order valence-corrected chi connectivity index (χ2v) is 6.96. The van der Waals surface area contributed by atoms with Crippen LogP contribution in [0.2, 0.25) is 0 Å². The molecule has 0 unspecified atom stereocenters. The topological polar surface area (TPSA) is 53.4 Å². The van der Waals surface area contributed by atoms with Crippen molar-refractivity contribution in [2.24, 2.45) is 0 Å². The van der Waals surface area contributed by atoms with Crippen LogP contribution in [0.3, 0.4) is 0 Å². The van der Waals surface area contributed by atoms with Crippen LogP contribution in [0.15, 0.2) is 23.7 Å². The van der Waals surface area contributed by atoms with Gasteiger partial charge in [-0.2, -0.15) is 0 Å². The fourth-order valence-electron chi connectivity index (χ4n) is 1.73. The molecular formula is C13H16N2O2S2. The van der Waals surface area contributed by atoms with E-state index in [2.05, 4.69) is 4.98 Å². The van der Waals surface area contributed by atoms with Crippen molar-refractivity contribution >= 4 is 28.6 Å². The van der Waals surface area contributed by atoms with Gasteiger partial charge in [-0.25, -0.2) is 4.98 Å². The van der Waals surface area contributed by atoms with E-state index >= 15 is 0 Å². The molecule has 2 aromatic heterocycles. The summed E-state index contributed by atoms with van der Waals surface area (Å²) in [5, 5.41) is 12.6. The van der Waals surface area contributed by atoms with Gasteiger partial charge in [-0.05, 0) is 25.3 Å². The van der Waals surface area contributed by atoms with Gasteiger partial charge in [0.05, 0.1) is 16.7 Å². The number of carbonyl (C=O) groups excluding carboxylic acids is 1. The molecule has 1 amide bonds. The Morgan fingerprint density at radius 1 is 1.53 bits per heavy atom. The number of amides is 1. The second-order valence-electron chi connectivity index (χ2n) is 4.98. The van der Waals surface area contributed by atoms with E-state index < -0.39 is 5.60 Å². The van der Waals surface area contributed by atoms with Crippen LogP contribution in [-0.4, -0.2) is 40.1 Å². The van der Waals surface area contributed by atoms with Crippen molar-refractivity contribution in [1.82, 2.24) is 9.88 Å². The third kappa shape index (κ3) is 3.62. The van der Waals surface area contributed by atoms with Crippen LogP contribution in [0.25, 0.3) is 9.88 Å². The van der Waals surface area contributed by atoms with Crippen LogP contribution in [0, 0.1) is 0 Å². The molecule has 0 radical (unpaired) electrons. The minimum absolute atomic E-state index is 0.109. The van der Waals surface area contributed by atoms with Crippen LogP contribution in [0.1, 0.15) is 23.5 Å². The number of rotatable bonds is 4. The van der Waals surface area contributed by atoms with E-state index in [0.29, 0.717) is 4.88 Å². The normalized spacial score (nSPS) is 11.6. The molecule has 0 aliphatic heterocycles. The van der Waals surface area contributed by atoms with E-state index in [9.17, 15) is 9.90 Å². The maximum atomic E-state index is 12.2. The third-order valence-electron chi connectivity index (χ3n) is 2.42. The third-order valence-corrected chi connectivity index (χ3v) is 4.44. The monoisotopic (exact) mass is 296 g/mol. The van der Waals surface area contributed by atoms with Gasteiger partial charge in [-0.1, -0.05) is 6.07 Å². The average molecular weight is 296 g/mol. The maximum Gasteiger partial charge on any atom is 0.265 e. The van der Waals surface area contributed by atoms with E-state index in [1.54, 1.807) is 38.4 Å². The number of hydrogen-bond donors (Lipinski definition) is 1. The molecule has 0 fully saturated rings. The first-order valence-corrected chi connectivity index (χ1v) is 7.54. The van der Waals surface area contributed by atoms with Gasteiger partial charge in [0, 0.05) is 13.6 Å². The Kier molecular flexibility index (Phi) is 4.03.